The lowest BCUT2D eigenvalue weighted by Crippen LogP contribution is -2.20. The number of phenolic OH excluding ortho intramolecular Hbond substituents is 1. The Morgan fingerprint density at radius 2 is 1.82 bits per heavy atom. The number of aromatic nitrogens is 1. The van der Waals surface area contributed by atoms with Crippen LogP contribution in [0.3, 0.4) is 0 Å². The van der Waals surface area contributed by atoms with Crippen molar-refractivity contribution in [3.05, 3.63) is 76.4 Å². The maximum absolute atomic E-state index is 12.6. The van der Waals surface area contributed by atoms with E-state index < -0.39 is 5.91 Å². The van der Waals surface area contributed by atoms with Gasteiger partial charge in [-0.05, 0) is 53.6 Å². The molecule has 0 aliphatic carbocycles. The molecular formula is C22H18BrN3O2. The molecule has 0 bridgehead atoms. The molecule has 140 valence electrons. The number of nitrogens with one attached hydrogen (secondary N) is 2. The average molecular weight is 436 g/mol. The Bertz CT molecular complexity index is 1230. The molecule has 0 saturated heterocycles. The first-order valence-electron chi connectivity index (χ1n) is 8.92. The summed E-state index contributed by atoms with van der Waals surface area (Å²) in [6, 6.07) is 18.8. The summed E-state index contributed by atoms with van der Waals surface area (Å²) < 4.78 is 1.00. The van der Waals surface area contributed by atoms with Crippen LogP contribution in [0.4, 0.5) is 0 Å². The van der Waals surface area contributed by atoms with Crippen LogP contribution in [0.5, 0.6) is 5.75 Å². The Hall–Kier alpha value is -3.12. The largest absolute Gasteiger partial charge is 0.507 e. The fourth-order valence-electron chi connectivity index (χ4n) is 3.18. The predicted octanol–water partition coefficient (Wildman–Crippen LogP) is 5.33. The minimum Gasteiger partial charge on any atom is -0.507 e. The van der Waals surface area contributed by atoms with Crippen molar-refractivity contribution in [3.8, 4) is 5.75 Å². The summed E-state index contributed by atoms with van der Waals surface area (Å²) in [6.07, 6.45) is 0.637. The Balaban J connectivity index is 1.62. The minimum absolute atomic E-state index is 0.0695. The molecule has 0 unspecified atom stereocenters. The Morgan fingerprint density at radius 3 is 2.57 bits per heavy atom. The molecule has 0 aliphatic rings. The second-order valence-corrected chi connectivity index (χ2v) is 7.40. The number of hydrogen-bond acceptors (Lipinski definition) is 3. The first-order chi connectivity index (χ1) is 13.5. The van der Waals surface area contributed by atoms with Crippen molar-refractivity contribution in [3.63, 3.8) is 0 Å². The van der Waals surface area contributed by atoms with Crippen molar-refractivity contribution >= 4 is 49.2 Å². The summed E-state index contributed by atoms with van der Waals surface area (Å²) in [4.78, 5) is 15.9. The molecule has 0 atom stereocenters. The van der Waals surface area contributed by atoms with Crippen molar-refractivity contribution in [2.45, 2.75) is 13.3 Å². The third kappa shape index (κ3) is 3.51. The molecule has 1 amide bonds. The molecule has 5 nitrogen and oxygen atoms in total. The van der Waals surface area contributed by atoms with E-state index in [1.165, 1.54) is 0 Å². The van der Waals surface area contributed by atoms with Gasteiger partial charge in [0.15, 0.2) is 0 Å². The molecule has 1 heterocycles. The second-order valence-electron chi connectivity index (χ2n) is 6.48. The second kappa shape index (κ2) is 7.48. The van der Waals surface area contributed by atoms with Gasteiger partial charge in [-0.3, -0.25) is 4.79 Å². The molecule has 0 fully saturated rings. The van der Waals surface area contributed by atoms with E-state index in [4.69, 9.17) is 0 Å². The molecular weight excluding hydrogens is 418 g/mol. The normalized spacial score (nSPS) is 11.9. The Morgan fingerprint density at radius 1 is 1.07 bits per heavy atom. The van der Waals surface area contributed by atoms with E-state index >= 15 is 0 Å². The number of hydrazone groups is 1. The Kier molecular flexibility index (Phi) is 4.88. The predicted molar refractivity (Wildman–Crippen MR) is 116 cm³/mol. The lowest BCUT2D eigenvalue weighted by atomic mass is 10.1. The van der Waals surface area contributed by atoms with E-state index in [1.54, 1.807) is 12.1 Å². The van der Waals surface area contributed by atoms with Crippen LogP contribution in [0.2, 0.25) is 0 Å². The van der Waals surface area contributed by atoms with Gasteiger partial charge in [-0.1, -0.05) is 47.1 Å². The topological polar surface area (TPSA) is 77.5 Å². The van der Waals surface area contributed by atoms with Crippen molar-refractivity contribution in [1.29, 1.82) is 0 Å². The fourth-order valence-corrected chi connectivity index (χ4v) is 3.56. The summed E-state index contributed by atoms with van der Waals surface area (Å²) in [7, 11) is 0. The van der Waals surface area contributed by atoms with E-state index in [-0.39, 0.29) is 11.3 Å². The maximum Gasteiger partial charge on any atom is 0.275 e. The molecule has 1 aromatic heterocycles. The molecule has 6 heteroatoms. The zero-order valence-electron chi connectivity index (χ0n) is 15.2. The number of halogens is 1. The molecule has 4 rings (SSSR count). The van der Waals surface area contributed by atoms with Gasteiger partial charge in [-0.25, -0.2) is 5.43 Å². The fraction of sp³-hybridized carbons (Fsp3) is 0.0909. The molecule has 0 spiro atoms. The van der Waals surface area contributed by atoms with Crippen molar-refractivity contribution in [2.24, 2.45) is 5.10 Å². The number of nitrogens with zero attached hydrogens (tertiary/aromatic N) is 1. The highest BCUT2D eigenvalue weighted by Crippen LogP contribution is 2.25. The number of rotatable bonds is 4. The summed E-state index contributed by atoms with van der Waals surface area (Å²) in [5.74, 6) is -0.520. The maximum atomic E-state index is 12.6. The van der Waals surface area contributed by atoms with Gasteiger partial charge in [0.25, 0.3) is 5.91 Å². The van der Waals surface area contributed by atoms with Crippen molar-refractivity contribution in [1.82, 2.24) is 10.4 Å². The van der Waals surface area contributed by atoms with Gasteiger partial charge in [0.05, 0.1) is 17.0 Å². The molecule has 4 aromatic rings. The Labute approximate surface area is 170 Å². The van der Waals surface area contributed by atoms with Crippen LogP contribution in [0.15, 0.2) is 70.2 Å². The van der Waals surface area contributed by atoms with E-state index in [0.29, 0.717) is 6.42 Å². The first kappa shape index (κ1) is 18.3. The third-order valence-corrected chi connectivity index (χ3v) is 5.12. The molecule has 3 N–H and O–H groups in total. The summed E-state index contributed by atoms with van der Waals surface area (Å²) in [5.41, 5.74) is 5.33. The number of H-pyrrole nitrogens is 1. The molecule has 0 aliphatic heterocycles. The number of benzene rings is 3. The number of aromatic amines is 1. The monoisotopic (exact) mass is 435 g/mol. The van der Waals surface area contributed by atoms with Crippen LogP contribution < -0.4 is 5.43 Å². The van der Waals surface area contributed by atoms with Gasteiger partial charge >= 0.3 is 0 Å². The summed E-state index contributed by atoms with van der Waals surface area (Å²) in [5, 5.41) is 17.3. The van der Waals surface area contributed by atoms with Crippen LogP contribution in [0, 0.1) is 0 Å². The number of carbonyl (C=O) groups is 1. The van der Waals surface area contributed by atoms with Gasteiger partial charge in [-0.15, -0.1) is 0 Å². The third-order valence-electron chi connectivity index (χ3n) is 4.63. The number of amides is 1. The summed E-state index contributed by atoms with van der Waals surface area (Å²) in [6.45, 7) is 1.97. The summed E-state index contributed by atoms with van der Waals surface area (Å²) >= 11 is 3.47. The van der Waals surface area contributed by atoms with E-state index in [9.17, 15) is 9.90 Å². The van der Waals surface area contributed by atoms with Crippen LogP contribution in [-0.4, -0.2) is 21.7 Å². The van der Waals surface area contributed by atoms with Crippen LogP contribution in [-0.2, 0) is 0 Å². The first-order valence-corrected chi connectivity index (χ1v) is 9.72. The molecule has 0 saturated carbocycles. The zero-order valence-corrected chi connectivity index (χ0v) is 16.7. The quantitative estimate of drug-likeness (QED) is 0.299. The number of carbonyl (C=O) groups excluding carboxylic acids is 1. The minimum atomic E-state index is -0.451. The highest BCUT2D eigenvalue weighted by molar-refractivity contribution is 9.10. The highest BCUT2D eigenvalue weighted by atomic mass is 79.9. The SMILES string of the molecule is CCC(=NNC(=O)c1cc2ccccc2cc1O)c1cc2cc(Br)ccc2[nH]1. The lowest BCUT2D eigenvalue weighted by molar-refractivity contribution is 0.0952. The van der Waals surface area contributed by atoms with Crippen molar-refractivity contribution < 1.29 is 9.90 Å². The number of hydrogen-bond donors (Lipinski definition) is 3. The number of aromatic hydroxyl groups is 1. The van der Waals surface area contributed by atoms with Gasteiger partial charge in [-0.2, -0.15) is 5.10 Å². The van der Waals surface area contributed by atoms with E-state index in [2.05, 4.69) is 31.4 Å². The molecule has 28 heavy (non-hydrogen) atoms. The van der Waals surface area contributed by atoms with Crippen LogP contribution >= 0.6 is 15.9 Å². The van der Waals surface area contributed by atoms with Crippen LogP contribution in [0.1, 0.15) is 29.4 Å². The molecule has 0 radical (unpaired) electrons. The average Bonchev–Trinajstić information content (AvgIpc) is 3.10. The van der Waals surface area contributed by atoms with Crippen LogP contribution in [0.25, 0.3) is 21.7 Å². The van der Waals surface area contributed by atoms with Gasteiger partial charge in [0.2, 0.25) is 0 Å². The van der Waals surface area contributed by atoms with E-state index in [0.717, 1.165) is 37.6 Å². The number of phenols is 1. The van der Waals surface area contributed by atoms with Gasteiger partial charge < -0.3 is 10.1 Å². The number of fused-ring (bicyclic) bond motifs is 2. The smallest absolute Gasteiger partial charge is 0.275 e. The highest BCUT2D eigenvalue weighted by Gasteiger charge is 2.13. The van der Waals surface area contributed by atoms with Crippen molar-refractivity contribution in [2.75, 3.05) is 0 Å². The van der Waals surface area contributed by atoms with Gasteiger partial charge in [0.1, 0.15) is 5.75 Å². The van der Waals surface area contributed by atoms with Gasteiger partial charge in [0, 0.05) is 15.4 Å². The van der Waals surface area contributed by atoms with E-state index in [1.807, 2.05) is 55.5 Å². The lowest BCUT2D eigenvalue weighted by Gasteiger charge is -2.07. The molecule has 3 aromatic carbocycles. The zero-order chi connectivity index (χ0) is 19.7. The standard InChI is InChI=1S/C22H18BrN3O2/c1-2-18(20-11-15-9-16(23)7-8-19(15)24-20)25-26-22(28)17-10-13-5-3-4-6-14(13)12-21(17)27/h3-12,24,27H,2H2,1H3,(H,26,28).